The summed E-state index contributed by atoms with van der Waals surface area (Å²) in [5.74, 6) is -1.37. The van der Waals surface area contributed by atoms with Crippen LogP contribution in [-0.2, 0) is 14.3 Å². The number of hydrogen-bond acceptors (Lipinski definition) is 4. The van der Waals surface area contributed by atoms with E-state index in [1.165, 1.54) is 41.4 Å². The van der Waals surface area contributed by atoms with E-state index in [0.29, 0.717) is 18.5 Å². The molecule has 132 valence electrons. The molecule has 5 nitrogen and oxygen atoms in total. The molecule has 0 aromatic heterocycles. The number of carbonyl (C=O) groups is 2. The Kier molecular flexibility index (Phi) is 5.53. The Labute approximate surface area is 150 Å². The highest BCUT2D eigenvalue weighted by Crippen LogP contribution is 2.13. The van der Waals surface area contributed by atoms with E-state index in [4.69, 9.17) is 4.74 Å². The summed E-state index contributed by atoms with van der Waals surface area (Å²) in [5.41, 5.74) is 2.47. The van der Waals surface area contributed by atoms with Gasteiger partial charge in [-0.2, -0.15) is 5.10 Å². The predicted octanol–water partition coefficient (Wildman–Crippen LogP) is 3.02. The van der Waals surface area contributed by atoms with E-state index < -0.39 is 5.97 Å². The van der Waals surface area contributed by atoms with Crippen molar-refractivity contribution in [3.63, 3.8) is 0 Å². The number of hydrogen-bond donors (Lipinski definition) is 0. The van der Waals surface area contributed by atoms with Gasteiger partial charge in [-0.1, -0.05) is 42.5 Å². The first-order valence-corrected chi connectivity index (χ1v) is 8.15. The average molecular weight is 352 g/mol. The maximum Gasteiger partial charge on any atom is 0.331 e. The number of rotatable bonds is 5. The van der Waals surface area contributed by atoms with Crippen LogP contribution < -0.4 is 0 Å². The van der Waals surface area contributed by atoms with E-state index in [-0.39, 0.29) is 18.3 Å². The third kappa shape index (κ3) is 4.63. The van der Waals surface area contributed by atoms with Crippen molar-refractivity contribution in [1.82, 2.24) is 5.01 Å². The Hall–Kier alpha value is -3.28. The molecule has 0 spiro atoms. The van der Waals surface area contributed by atoms with E-state index in [0.717, 1.165) is 11.3 Å². The lowest BCUT2D eigenvalue weighted by atomic mass is 10.1. The highest BCUT2D eigenvalue weighted by molar-refractivity contribution is 6.02. The van der Waals surface area contributed by atoms with Gasteiger partial charge < -0.3 is 4.74 Å². The van der Waals surface area contributed by atoms with Crippen LogP contribution in [0.25, 0.3) is 6.08 Å². The molecule has 0 N–H and O–H groups in total. The van der Waals surface area contributed by atoms with Crippen LogP contribution in [0.15, 0.2) is 65.8 Å². The van der Waals surface area contributed by atoms with Crippen LogP contribution in [0.5, 0.6) is 0 Å². The zero-order chi connectivity index (χ0) is 18.4. The SMILES string of the molecule is O=C(/C=C/c1ccc(F)cc1)OCC(=O)N1CCC(c2ccccc2)=N1. The molecular weight excluding hydrogens is 335 g/mol. The minimum atomic E-state index is -0.644. The number of benzene rings is 2. The molecule has 0 unspecified atom stereocenters. The number of ether oxygens (including phenoxy) is 1. The normalized spacial score (nSPS) is 13.7. The van der Waals surface area contributed by atoms with Crippen LogP contribution in [0, 0.1) is 5.82 Å². The van der Waals surface area contributed by atoms with Crippen molar-refractivity contribution in [1.29, 1.82) is 0 Å². The number of carbonyl (C=O) groups excluding carboxylic acids is 2. The Balaban J connectivity index is 1.50. The summed E-state index contributed by atoms with van der Waals surface area (Å²) in [5, 5.41) is 5.61. The smallest absolute Gasteiger partial charge is 0.331 e. The van der Waals surface area contributed by atoms with Gasteiger partial charge in [-0.25, -0.2) is 14.2 Å². The summed E-state index contributed by atoms with van der Waals surface area (Å²) in [6.45, 7) is 0.0875. The van der Waals surface area contributed by atoms with Crippen LogP contribution in [0.3, 0.4) is 0 Å². The molecule has 2 aromatic rings. The van der Waals surface area contributed by atoms with Crippen LogP contribution in [-0.4, -0.2) is 35.7 Å². The van der Waals surface area contributed by atoms with Crippen LogP contribution in [0.4, 0.5) is 4.39 Å². The van der Waals surface area contributed by atoms with Gasteiger partial charge in [0.15, 0.2) is 6.61 Å². The van der Waals surface area contributed by atoms with Crippen molar-refractivity contribution in [2.75, 3.05) is 13.2 Å². The maximum atomic E-state index is 12.8. The van der Waals surface area contributed by atoms with Gasteiger partial charge in [-0.05, 0) is 29.3 Å². The van der Waals surface area contributed by atoms with Gasteiger partial charge in [-0.15, -0.1) is 0 Å². The highest BCUT2D eigenvalue weighted by atomic mass is 19.1. The van der Waals surface area contributed by atoms with Gasteiger partial charge in [0.2, 0.25) is 0 Å². The lowest BCUT2D eigenvalue weighted by Gasteiger charge is -2.10. The van der Waals surface area contributed by atoms with Crippen LogP contribution in [0.1, 0.15) is 17.5 Å². The predicted molar refractivity (Wildman–Crippen MR) is 95.7 cm³/mol. The fourth-order valence-corrected chi connectivity index (χ4v) is 2.46. The van der Waals surface area contributed by atoms with Gasteiger partial charge in [0.05, 0.1) is 12.3 Å². The molecule has 6 heteroatoms. The number of nitrogens with zero attached hydrogens (tertiary/aromatic N) is 2. The zero-order valence-corrected chi connectivity index (χ0v) is 14.0. The third-order valence-corrected chi connectivity index (χ3v) is 3.82. The monoisotopic (exact) mass is 352 g/mol. The van der Waals surface area contributed by atoms with Crippen molar-refractivity contribution >= 4 is 23.7 Å². The third-order valence-electron chi connectivity index (χ3n) is 3.82. The highest BCUT2D eigenvalue weighted by Gasteiger charge is 2.22. The molecular formula is C20H17FN2O3. The topological polar surface area (TPSA) is 59.0 Å². The molecule has 0 aliphatic carbocycles. The Morgan fingerprint density at radius 2 is 1.85 bits per heavy atom. The standard InChI is InChI=1S/C20H17FN2O3/c21-17-9-6-15(7-10-17)8-11-20(25)26-14-19(24)23-13-12-18(22-23)16-4-2-1-3-5-16/h1-11H,12-14H2/b11-8+. The van der Waals surface area contributed by atoms with Gasteiger partial charge in [-0.3, -0.25) is 4.79 Å². The molecule has 2 aromatic carbocycles. The van der Waals surface area contributed by atoms with E-state index in [9.17, 15) is 14.0 Å². The Morgan fingerprint density at radius 3 is 2.58 bits per heavy atom. The van der Waals surface area contributed by atoms with Crippen molar-refractivity contribution in [3.8, 4) is 0 Å². The second-order valence-corrected chi connectivity index (χ2v) is 5.67. The second kappa shape index (κ2) is 8.20. The van der Waals surface area contributed by atoms with Crippen molar-refractivity contribution in [2.45, 2.75) is 6.42 Å². The molecule has 1 heterocycles. The van der Waals surface area contributed by atoms with Gasteiger partial charge in [0, 0.05) is 12.5 Å². The fourth-order valence-electron chi connectivity index (χ4n) is 2.46. The summed E-state index contributed by atoms with van der Waals surface area (Å²) >= 11 is 0. The Bertz CT molecular complexity index is 845. The molecule has 0 fully saturated rings. The average Bonchev–Trinajstić information content (AvgIpc) is 3.17. The quantitative estimate of drug-likeness (QED) is 0.614. The van der Waals surface area contributed by atoms with E-state index in [1.54, 1.807) is 0 Å². The van der Waals surface area contributed by atoms with Crippen LogP contribution in [0.2, 0.25) is 0 Å². The van der Waals surface area contributed by atoms with E-state index >= 15 is 0 Å². The zero-order valence-electron chi connectivity index (χ0n) is 14.0. The number of amides is 1. The van der Waals surface area contributed by atoms with Gasteiger partial charge in [0.25, 0.3) is 5.91 Å². The lowest BCUT2D eigenvalue weighted by molar-refractivity contribution is -0.147. The molecule has 0 saturated carbocycles. The van der Waals surface area contributed by atoms with Crippen molar-refractivity contribution < 1.29 is 18.7 Å². The minimum Gasteiger partial charge on any atom is -0.452 e. The minimum absolute atomic E-state index is 0.351. The first-order chi connectivity index (χ1) is 12.6. The maximum absolute atomic E-state index is 12.8. The summed E-state index contributed by atoms with van der Waals surface area (Å²) in [6.07, 6.45) is 3.35. The van der Waals surface area contributed by atoms with Crippen molar-refractivity contribution in [2.24, 2.45) is 5.10 Å². The molecule has 26 heavy (non-hydrogen) atoms. The Morgan fingerprint density at radius 1 is 1.12 bits per heavy atom. The molecule has 3 rings (SSSR count). The molecule has 0 radical (unpaired) electrons. The molecule has 1 amide bonds. The molecule has 0 bridgehead atoms. The van der Waals surface area contributed by atoms with Gasteiger partial charge in [0.1, 0.15) is 5.82 Å². The van der Waals surface area contributed by atoms with E-state index in [1.807, 2.05) is 30.3 Å². The molecule has 0 atom stereocenters. The summed E-state index contributed by atoms with van der Waals surface area (Å²) in [7, 11) is 0. The van der Waals surface area contributed by atoms with E-state index in [2.05, 4.69) is 5.10 Å². The second-order valence-electron chi connectivity index (χ2n) is 5.67. The largest absolute Gasteiger partial charge is 0.452 e. The number of halogens is 1. The first-order valence-electron chi connectivity index (χ1n) is 8.15. The first kappa shape index (κ1) is 17.5. The number of hydrazone groups is 1. The summed E-state index contributed by atoms with van der Waals surface area (Å²) in [6, 6.07) is 15.3. The van der Waals surface area contributed by atoms with Crippen LogP contribution >= 0.6 is 0 Å². The van der Waals surface area contributed by atoms with Gasteiger partial charge >= 0.3 is 5.97 Å². The summed E-state index contributed by atoms with van der Waals surface area (Å²) < 4.78 is 17.8. The fraction of sp³-hybridized carbons (Fsp3) is 0.150. The molecule has 1 aliphatic rings. The summed E-state index contributed by atoms with van der Waals surface area (Å²) in [4.78, 5) is 23.8. The van der Waals surface area contributed by atoms with Crippen molar-refractivity contribution in [3.05, 3.63) is 77.6 Å². The molecule has 1 aliphatic heterocycles. The molecule has 0 saturated heterocycles. The lowest BCUT2D eigenvalue weighted by Crippen LogP contribution is -2.28. The number of esters is 1.